The third-order valence-corrected chi connectivity index (χ3v) is 7.46. The quantitative estimate of drug-likeness (QED) is 0.0285. The van der Waals surface area contributed by atoms with Crippen LogP contribution in [0.4, 0.5) is 0 Å². The molecule has 0 radical (unpaired) electrons. The molecule has 0 spiro atoms. The van der Waals surface area contributed by atoms with Gasteiger partial charge in [-0.3, -0.25) is 18.6 Å². The first-order valence-electron chi connectivity index (χ1n) is 16.8. The number of phosphoric acid groups is 1. The summed E-state index contributed by atoms with van der Waals surface area (Å²) in [5, 5.41) is 8.83. The van der Waals surface area contributed by atoms with Gasteiger partial charge in [0.15, 0.2) is 0 Å². The van der Waals surface area contributed by atoms with Crippen molar-refractivity contribution in [3.05, 3.63) is 60.8 Å². The average Bonchev–Trinajstić information content (AvgIpc) is 3.03. The van der Waals surface area contributed by atoms with Crippen molar-refractivity contribution in [1.82, 2.24) is 0 Å². The fraction of sp³-hybridized carbons (Fsp3) is 0.657. The number of hydrogen-bond donors (Lipinski definition) is 3. The highest BCUT2D eigenvalue weighted by Gasteiger charge is 2.27. The second-order valence-electron chi connectivity index (χ2n) is 10.9. The average molecular weight is 670 g/mol. The summed E-state index contributed by atoms with van der Waals surface area (Å²) in [7, 11) is -4.62. The Morgan fingerprint density at radius 3 is 1.91 bits per heavy atom. The monoisotopic (exact) mass is 669 g/mol. The van der Waals surface area contributed by atoms with Gasteiger partial charge in [-0.2, -0.15) is 0 Å². The molecule has 0 aromatic heterocycles. The molecule has 264 valence electrons. The SMILES string of the molecule is CC/C=C\C/C=C\C/C=C\C/C=C\CCCOCC(COP(=O)(O)OCC(N)C(=O)O)OC(=O)CCCCCCC/C=C\CCC. The zero-order valence-corrected chi connectivity index (χ0v) is 29.0. The normalized spacial score (nSPS) is 15.0. The van der Waals surface area contributed by atoms with Crippen molar-refractivity contribution in [1.29, 1.82) is 0 Å². The number of aliphatic carboxylic acids is 1. The van der Waals surface area contributed by atoms with Crippen LogP contribution < -0.4 is 5.73 Å². The zero-order chi connectivity index (χ0) is 34.1. The lowest BCUT2D eigenvalue weighted by Gasteiger charge is -2.20. The molecular formula is C35H60NO9P. The smallest absolute Gasteiger partial charge is 0.472 e. The molecule has 0 saturated heterocycles. The number of unbranched alkanes of at least 4 members (excludes halogenated alkanes) is 7. The van der Waals surface area contributed by atoms with Crippen LogP contribution in [-0.4, -0.2) is 60.5 Å². The van der Waals surface area contributed by atoms with E-state index in [0.29, 0.717) is 13.0 Å². The third-order valence-electron chi connectivity index (χ3n) is 6.51. The van der Waals surface area contributed by atoms with E-state index in [1.807, 2.05) is 0 Å². The lowest BCUT2D eigenvalue weighted by atomic mass is 10.1. The van der Waals surface area contributed by atoms with E-state index in [9.17, 15) is 19.0 Å². The van der Waals surface area contributed by atoms with Crippen molar-refractivity contribution >= 4 is 19.8 Å². The molecule has 0 saturated carbocycles. The van der Waals surface area contributed by atoms with Crippen LogP contribution in [0.3, 0.4) is 0 Å². The number of phosphoric ester groups is 1. The van der Waals surface area contributed by atoms with E-state index in [-0.39, 0.29) is 13.0 Å². The standard InChI is InChI=1S/C35H60NO9P/c1-3-5-7-9-11-13-15-16-17-18-20-22-24-26-28-42-29-32(30-43-46(40,41)44-31-33(36)35(38)39)45-34(37)27-25-23-21-19-14-12-10-8-6-4-2/h5,7-8,10-11,13,16-17,20,22,32-33H,3-4,6,9,12,14-15,18-19,21,23-31,36H2,1-2H3,(H,38,39)(H,40,41)/b7-5-,10-8-,13-11-,17-16-,22-20-. The van der Waals surface area contributed by atoms with Gasteiger partial charge >= 0.3 is 19.8 Å². The second-order valence-corrected chi connectivity index (χ2v) is 12.4. The molecule has 0 fully saturated rings. The molecule has 0 aliphatic carbocycles. The summed E-state index contributed by atoms with van der Waals surface area (Å²) in [6.45, 7) is 3.49. The van der Waals surface area contributed by atoms with Gasteiger partial charge in [0.2, 0.25) is 0 Å². The Labute approximate surface area is 277 Å². The first kappa shape index (κ1) is 43.7. The van der Waals surface area contributed by atoms with E-state index >= 15 is 0 Å². The van der Waals surface area contributed by atoms with Gasteiger partial charge in [-0.25, -0.2) is 4.57 Å². The fourth-order valence-electron chi connectivity index (χ4n) is 3.90. The maximum absolute atomic E-state index is 12.5. The zero-order valence-electron chi connectivity index (χ0n) is 28.1. The molecule has 0 heterocycles. The molecule has 3 unspecified atom stereocenters. The Morgan fingerprint density at radius 1 is 0.717 bits per heavy atom. The summed E-state index contributed by atoms with van der Waals surface area (Å²) in [6, 6.07) is -1.48. The van der Waals surface area contributed by atoms with Gasteiger partial charge in [-0.15, -0.1) is 0 Å². The summed E-state index contributed by atoms with van der Waals surface area (Å²) < 4.78 is 33.0. The van der Waals surface area contributed by atoms with Gasteiger partial charge in [-0.1, -0.05) is 100 Å². The van der Waals surface area contributed by atoms with E-state index in [4.69, 9.17) is 24.8 Å². The van der Waals surface area contributed by atoms with Gasteiger partial charge < -0.3 is 25.2 Å². The molecule has 0 aliphatic rings. The fourth-order valence-corrected chi connectivity index (χ4v) is 4.68. The number of esters is 1. The Bertz CT molecular complexity index is 962. The Kier molecular flexibility index (Phi) is 29.7. The summed E-state index contributed by atoms with van der Waals surface area (Å²) in [6.07, 6.45) is 34.4. The molecule has 11 heteroatoms. The highest BCUT2D eigenvalue weighted by atomic mass is 31.2. The highest BCUT2D eigenvalue weighted by Crippen LogP contribution is 2.43. The maximum Gasteiger partial charge on any atom is 0.472 e. The number of carboxylic acids is 1. The van der Waals surface area contributed by atoms with Crippen LogP contribution in [0, 0.1) is 0 Å². The number of carbonyl (C=O) groups is 2. The molecule has 0 aliphatic heterocycles. The predicted octanol–water partition coefficient (Wildman–Crippen LogP) is 8.13. The van der Waals surface area contributed by atoms with Crippen LogP contribution >= 0.6 is 7.82 Å². The number of ether oxygens (including phenoxy) is 2. The van der Waals surface area contributed by atoms with Gasteiger partial charge in [-0.05, 0) is 64.2 Å². The predicted molar refractivity (Wildman–Crippen MR) is 184 cm³/mol. The number of allylic oxidation sites excluding steroid dienone is 10. The number of carboxylic acid groups (broad SMARTS) is 1. The first-order chi connectivity index (χ1) is 22.2. The number of carbonyl (C=O) groups excluding carboxylic acids is 1. The minimum Gasteiger partial charge on any atom is -0.480 e. The topological polar surface area (TPSA) is 155 Å². The van der Waals surface area contributed by atoms with Crippen LogP contribution in [0.15, 0.2) is 60.8 Å². The number of rotatable bonds is 31. The van der Waals surface area contributed by atoms with Crippen LogP contribution in [0.25, 0.3) is 0 Å². The Balaban J connectivity index is 4.49. The molecule has 4 N–H and O–H groups in total. The second kappa shape index (κ2) is 31.3. The lowest BCUT2D eigenvalue weighted by Crippen LogP contribution is -2.34. The van der Waals surface area contributed by atoms with Crippen LogP contribution in [-0.2, 0) is 32.7 Å². The summed E-state index contributed by atoms with van der Waals surface area (Å²) in [5.74, 6) is -1.82. The van der Waals surface area contributed by atoms with Crippen molar-refractivity contribution < 1.29 is 42.7 Å². The largest absolute Gasteiger partial charge is 0.480 e. The van der Waals surface area contributed by atoms with Crippen molar-refractivity contribution in [2.24, 2.45) is 5.73 Å². The van der Waals surface area contributed by atoms with Crippen molar-refractivity contribution in [3.8, 4) is 0 Å². The van der Waals surface area contributed by atoms with Gasteiger partial charge in [0.1, 0.15) is 12.1 Å². The van der Waals surface area contributed by atoms with Crippen molar-refractivity contribution in [3.63, 3.8) is 0 Å². The number of hydrogen-bond acceptors (Lipinski definition) is 8. The molecule has 0 rings (SSSR count). The molecule has 10 nitrogen and oxygen atoms in total. The van der Waals surface area contributed by atoms with Crippen molar-refractivity contribution in [2.75, 3.05) is 26.4 Å². The maximum atomic E-state index is 12.5. The Morgan fingerprint density at radius 2 is 1.26 bits per heavy atom. The number of nitrogens with two attached hydrogens (primary N) is 1. The van der Waals surface area contributed by atoms with Crippen LogP contribution in [0.1, 0.15) is 110 Å². The van der Waals surface area contributed by atoms with E-state index < -0.39 is 45.1 Å². The first-order valence-corrected chi connectivity index (χ1v) is 18.3. The molecule has 46 heavy (non-hydrogen) atoms. The minimum atomic E-state index is -4.62. The Hall–Kier alpha value is -2.33. The molecule has 0 aromatic rings. The van der Waals surface area contributed by atoms with E-state index in [0.717, 1.165) is 83.5 Å². The van der Waals surface area contributed by atoms with Gasteiger partial charge in [0, 0.05) is 13.0 Å². The summed E-state index contributed by atoms with van der Waals surface area (Å²) >= 11 is 0. The third kappa shape index (κ3) is 30.3. The molecule has 0 amide bonds. The molecular weight excluding hydrogens is 609 g/mol. The van der Waals surface area contributed by atoms with E-state index in [2.05, 4.69) is 79.1 Å². The molecule has 3 atom stereocenters. The minimum absolute atomic E-state index is 0.0276. The highest BCUT2D eigenvalue weighted by molar-refractivity contribution is 7.47. The van der Waals surface area contributed by atoms with Crippen LogP contribution in [0.2, 0.25) is 0 Å². The van der Waals surface area contributed by atoms with E-state index in [1.165, 1.54) is 0 Å². The van der Waals surface area contributed by atoms with E-state index in [1.54, 1.807) is 0 Å². The lowest BCUT2D eigenvalue weighted by molar-refractivity contribution is -0.154. The molecule has 0 bridgehead atoms. The van der Waals surface area contributed by atoms with Crippen LogP contribution in [0.5, 0.6) is 0 Å². The molecule has 0 aromatic carbocycles. The summed E-state index contributed by atoms with van der Waals surface area (Å²) in [4.78, 5) is 33.2. The van der Waals surface area contributed by atoms with Gasteiger partial charge in [0.25, 0.3) is 0 Å². The van der Waals surface area contributed by atoms with Crippen molar-refractivity contribution in [2.45, 2.75) is 122 Å². The summed E-state index contributed by atoms with van der Waals surface area (Å²) in [5.41, 5.74) is 5.31. The van der Waals surface area contributed by atoms with Gasteiger partial charge in [0.05, 0.1) is 19.8 Å².